The Kier molecular flexibility index (Phi) is 5.08. The molecule has 0 bridgehead atoms. The van der Waals surface area contributed by atoms with Gasteiger partial charge in [-0.15, -0.1) is 0 Å². The van der Waals surface area contributed by atoms with Crippen molar-refractivity contribution in [3.63, 3.8) is 0 Å². The van der Waals surface area contributed by atoms with Crippen molar-refractivity contribution in [3.8, 4) is 0 Å². The van der Waals surface area contributed by atoms with Gasteiger partial charge in [0.25, 0.3) is 0 Å². The Balaban J connectivity index is 1.32. The van der Waals surface area contributed by atoms with Crippen LogP contribution in [0, 0.1) is 6.92 Å². The van der Waals surface area contributed by atoms with Crippen molar-refractivity contribution in [3.05, 3.63) is 42.5 Å². The fourth-order valence-corrected chi connectivity index (χ4v) is 4.29. The minimum Gasteiger partial charge on any atom is -0.354 e. The third kappa shape index (κ3) is 3.75. The number of para-hydroxylation sites is 1. The summed E-state index contributed by atoms with van der Waals surface area (Å²) in [4.78, 5) is 27.9. The van der Waals surface area contributed by atoms with Crippen LogP contribution >= 0.6 is 0 Å². The second-order valence-electron chi connectivity index (χ2n) is 8.11. The number of aromatic nitrogens is 4. The Morgan fingerprint density at radius 1 is 0.733 bits per heavy atom. The van der Waals surface area contributed by atoms with E-state index < -0.39 is 0 Å². The lowest BCUT2D eigenvalue weighted by molar-refractivity contribution is 0.312. The predicted octanol–water partition coefficient (Wildman–Crippen LogP) is 1.81. The van der Waals surface area contributed by atoms with Gasteiger partial charge in [0.05, 0.1) is 5.52 Å². The average Bonchev–Trinajstić information content (AvgIpc) is 2.79. The van der Waals surface area contributed by atoms with Crippen molar-refractivity contribution in [2.24, 2.45) is 0 Å². The van der Waals surface area contributed by atoms with Crippen LogP contribution < -0.4 is 14.7 Å². The summed E-state index contributed by atoms with van der Waals surface area (Å²) in [6.07, 6.45) is 1.67. The summed E-state index contributed by atoms with van der Waals surface area (Å²) in [5.74, 6) is 3.95. The van der Waals surface area contributed by atoms with E-state index in [0.717, 1.165) is 86.5 Å². The molecule has 2 aliphatic rings. The summed E-state index contributed by atoms with van der Waals surface area (Å²) in [6, 6.07) is 10.4. The molecule has 0 unspecified atom stereocenters. The van der Waals surface area contributed by atoms with Gasteiger partial charge in [-0.2, -0.15) is 0 Å². The van der Waals surface area contributed by atoms with Gasteiger partial charge in [-0.1, -0.05) is 12.1 Å². The number of anilines is 3. The first-order valence-electron chi connectivity index (χ1n) is 10.7. The second kappa shape index (κ2) is 8.02. The van der Waals surface area contributed by atoms with Gasteiger partial charge in [0.1, 0.15) is 29.6 Å². The molecule has 3 aromatic rings. The van der Waals surface area contributed by atoms with Crippen LogP contribution in [0.4, 0.5) is 17.5 Å². The molecule has 156 valence electrons. The van der Waals surface area contributed by atoms with Gasteiger partial charge >= 0.3 is 0 Å². The first kappa shape index (κ1) is 19.0. The molecule has 0 spiro atoms. The highest BCUT2D eigenvalue weighted by molar-refractivity contribution is 5.89. The van der Waals surface area contributed by atoms with E-state index in [1.807, 2.05) is 19.1 Å². The second-order valence-corrected chi connectivity index (χ2v) is 8.11. The van der Waals surface area contributed by atoms with Crippen LogP contribution in [0.15, 0.2) is 36.7 Å². The zero-order valence-electron chi connectivity index (χ0n) is 17.7. The van der Waals surface area contributed by atoms with Gasteiger partial charge in [0.15, 0.2) is 0 Å². The Hall–Kier alpha value is -3.00. The Bertz CT molecular complexity index is 1020. The van der Waals surface area contributed by atoms with Crippen LogP contribution in [-0.2, 0) is 0 Å². The summed E-state index contributed by atoms with van der Waals surface area (Å²) in [6.45, 7) is 9.82. The number of fused-ring (bicyclic) bond motifs is 1. The normalized spacial score (nSPS) is 18.3. The summed E-state index contributed by atoms with van der Waals surface area (Å²) in [5, 5.41) is 1.11. The van der Waals surface area contributed by atoms with Crippen LogP contribution in [0.2, 0.25) is 0 Å². The van der Waals surface area contributed by atoms with E-state index in [1.54, 1.807) is 6.33 Å². The largest absolute Gasteiger partial charge is 0.354 e. The predicted molar refractivity (Wildman–Crippen MR) is 120 cm³/mol. The lowest BCUT2D eigenvalue weighted by atomic mass is 10.2. The molecule has 2 saturated heterocycles. The number of hydrogen-bond donors (Lipinski definition) is 0. The molecule has 2 aromatic heterocycles. The monoisotopic (exact) mass is 404 g/mol. The van der Waals surface area contributed by atoms with Gasteiger partial charge in [-0.05, 0) is 26.1 Å². The molecule has 0 atom stereocenters. The van der Waals surface area contributed by atoms with Crippen LogP contribution in [0.1, 0.15) is 5.82 Å². The van der Waals surface area contributed by atoms with Crippen LogP contribution in [0.25, 0.3) is 10.9 Å². The molecule has 2 fully saturated rings. The third-order valence-corrected chi connectivity index (χ3v) is 6.06. The number of hydrogen-bond acceptors (Lipinski definition) is 8. The van der Waals surface area contributed by atoms with Gasteiger partial charge in [0.2, 0.25) is 0 Å². The van der Waals surface area contributed by atoms with E-state index >= 15 is 0 Å². The lowest BCUT2D eigenvalue weighted by Gasteiger charge is -2.37. The number of likely N-dealkylation sites (N-methyl/N-ethyl adjacent to an activating group) is 1. The minimum atomic E-state index is 0.839. The molecule has 5 rings (SSSR count). The molecule has 0 N–H and O–H groups in total. The van der Waals surface area contributed by atoms with Crippen molar-refractivity contribution in [2.75, 3.05) is 74.1 Å². The summed E-state index contributed by atoms with van der Waals surface area (Å²) in [5.41, 5.74) is 0.994. The summed E-state index contributed by atoms with van der Waals surface area (Å²) in [7, 11) is 2.17. The average molecular weight is 405 g/mol. The fraction of sp³-hybridized carbons (Fsp3) is 0.455. The molecule has 8 heteroatoms. The van der Waals surface area contributed by atoms with Gasteiger partial charge in [-0.25, -0.2) is 19.9 Å². The number of nitrogens with zero attached hydrogens (tertiary/aromatic N) is 8. The Labute approximate surface area is 177 Å². The number of piperazine rings is 2. The van der Waals surface area contributed by atoms with Crippen molar-refractivity contribution < 1.29 is 0 Å². The highest BCUT2D eigenvalue weighted by atomic mass is 15.3. The van der Waals surface area contributed by atoms with E-state index in [1.165, 1.54) is 0 Å². The van der Waals surface area contributed by atoms with Gasteiger partial charge in [0, 0.05) is 63.8 Å². The van der Waals surface area contributed by atoms with E-state index in [-0.39, 0.29) is 0 Å². The maximum atomic E-state index is 4.75. The molecule has 1 aromatic carbocycles. The first-order valence-corrected chi connectivity index (χ1v) is 10.7. The topological polar surface area (TPSA) is 64.5 Å². The molecule has 4 heterocycles. The molecule has 8 nitrogen and oxygen atoms in total. The SMILES string of the molecule is Cc1nc(N2CCN(C)CC2)cc(N2CCN(c3ncnc4ccccc34)CC2)n1. The first-order chi connectivity index (χ1) is 14.7. The highest BCUT2D eigenvalue weighted by Gasteiger charge is 2.23. The molecular weight excluding hydrogens is 376 g/mol. The third-order valence-electron chi connectivity index (χ3n) is 6.06. The van der Waals surface area contributed by atoms with Gasteiger partial charge in [-0.3, -0.25) is 0 Å². The number of rotatable bonds is 3. The maximum absolute atomic E-state index is 4.75. The van der Waals surface area contributed by atoms with E-state index in [4.69, 9.17) is 9.97 Å². The minimum absolute atomic E-state index is 0.839. The lowest BCUT2D eigenvalue weighted by Crippen LogP contribution is -2.47. The van der Waals surface area contributed by atoms with Crippen molar-refractivity contribution in [1.29, 1.82) is 0 Å². The zero-order valence-corrected chi connectivity index (χ0v) is 17.7. The van der Waals surface area contributed by atoms with Crippen molar-refractivity contribution in [2.45, 2.75) is 6.92 Å². The number of aryl methyl sites for hydroxylation is 1. The molecule has 2 aliphatic heterocycles. The van der Waals surface area contributed by atoms with Crippen molar-refractivity contribution >= 4 is 28.4 Å². The van der Waals surface area contributed by atoms with Crippen molar-refractivity contribution in [1.82, 2.24) is 24.8 Å². The Morgan fingerprint density at radius 3 is 2.03 bits per heavy atom. The van der Waals surface area contributed by atoms with E-state index in [2.05, 4.69) is 54.8 Å². The molecule has 0 radical (unpaired) electrons. The zero-order chi connectivity index (χ0) is 20.5. The summed E-state index contributed by atoms with van der Waals surface area (Å²) < 4.78 is 0. The molecule has 30 heavy (non-hydrogen) atoms. The molecular formula is C22H28N8. The molecule has 0 amide bonds. The van der Waals surface area contributed by atoms with E-state index in [0.29, 0.717) is 0 Å². The maximum Gasteiger partial charge on any atom is 0.140 e. The number of benzene rings is 1. The highest BCUT2D eigenvalue weighted by Crippen LogP contribution is 2.26. The smallest absolute Gasteiger partial charge is 0.140 e. The Morgan fingerprint density at radius 2 is 1.33 bits per heavy atom. The standard InChI is InChI=1S/C22H28N8/c1-17-25-20(28-9-7-27(2)8-10-28)15-21(26-17)29-11-13-30(14-12-29)22-18-5-3-4-6-19(18)23-16-24-22/h3-6,15-16H,7-14H2,1-2H3. The molecule has 0 saturated carbocycles. The summed E-state index contributed by atoms with van der Waals surface area (Å²) >= 11 is 0. The fourth-order valence-electron chi connectivity index (χ4n) is 4.29. The molecule has 0 aliphatic carbocycles. The van der Waals surface area contributed by atoms with Crippen LogP contribution in [0.3, 0.4) is 0 Å². The van der Waals surface area contributed by atoms with E-state index in [9.17, 15) is 0 Å². The van der Waals surface area contributed by atoms with Gasteiger partial charge < -0.3 is 19.6 Å². The van der Waals surface area contributed by atoms with Crippen LogP contribution in [0.5, 0.6) is 0 Å². The quantitative estimate of drug-likeness (QED) is 0.655. The van der Waals surface area contributed by atoms with Crippen LogP contribution in [-0.4, -0.2) is 84.2 Å².